The number of rotatable bonds is 1. The zero-order valence-electron chi connectivity index (χ0n) is 8.86. The smallest absolute Gasteiger partial charge is 0.235 e. The molecule has 2 rings (SSSR count). The van der Waals surface area contributed by atoms with Crippen molar-refractivity contribution in [2.75, 3.05) is 0 Å². The molecule has 0 aliphatic carbocycles. The van der Waals surface area contributed by atoms with Gasteiger partial charge in [0.05, 0.1) is 6.04 Å². The van der Waals surface area contributed by atoms with E-state index in [1.165, 1.54) is 0 Å². The molecular formula is C12H13NO2. The summed E-state index contributed by atoms with van der Waals surface area (Å²) in [5.74, 6) is 0.817. The summed E-state index contributed by atoms with van der Waals surface area (Å²) in [6.45, 7) is 3.99. The molecule has 0 fully saturated rings. The third kappa shape index (κ3) is 1.92. The van der Waals surface area contributed by atoms with Crippen molar-refractivity contribution in [1.82, 2.24) is 0 Å². The molecule has 1 aromatic rings. The highest BCUT2D eigenvalue weighted by Crippen LogP contribution is 2.40. The second kappa shape index (κ2) is 3.52. The van der Waals surface area contributed by atoms with E-state index in [2.05, 4.69) is 4.99 Å². The van der Waals surface area contributed by atoms with Gasteiger partial charge in [-0.1, -0.05) is 18.2 Å². The van der Waals surface area contributed by atoms with Gasteiger partial charge in [-0.25, -0.2) is 4.79 Å². The summed E-state index contributed by atoms with van der Waals surface area (Å²) in [4.78, 5) is 14.2. The minimum atomic E-state index is -0.278. The van der Waals surface area contributed by atoms with Crippen LogP contribution in [0.3, 0.4) is 0 Å². The lowest BCUT2D eigenvalue weighted by molar-refractivity contribution is 0.0732. The predicted molar refractivity (Wildman–Crippen MR) is 56.6 cm³/mol. The molecule has 1 aliphatic rings. The normalized spacial score (nSPS) is 22.1. The Hall–Kier alpha value is -1.60. The molecule has 3 heteroatoms. The molecule has 1 unspecified atom stereocenters. The van der Waals surface area contributed by atoms with Crippen LogP contribution in [-0.4, -0.2) is 11.7 Å². The molecule has 1 aliphatic heterocycles. The molecule has 0 amide bonds. The number of para-hydroxylation sites is 1. The number of nitrogens with zero attached hydrogens (tertiary/aromatic N) is 1. The highest BCUT2D eigenvalue weighted by Gasteiger charge is 2.33. The molecule has 1 aromatic carbocycles. The van der Waals surface area contributed by atoms with Crippen LogP contribution in [0.15, 0.2) is 29.3 Å². The molecule has 15 heavy (non-hydrogen) atoms. The Balaban J connectivity index is 2.47. The molecule has 1 heterocycles. The lowest BCUT2D eigenvalue weighted by Crippen LogP contribution is -2.34. The minimum Gasteiger partial charge on any atom is -0.487 e. The van der Waals surface area contributed by atoms with E-state index in [0.29, 0.717) is 6.42 Å². The fraction of sp³-hybridized carbons (Fsp3) is 0.417. The van der Waals surface area contributed by atoms with Crippen molar-refractivity contribution in [3.63, 3.8) is 0 Å². The summed E-state index contributed by atoms with van der Waals surface area (Å²) in [6.07, 6.45) is 2.34. The Morgan fingerprint density at radius 3 is 2.93 bits per heavy atom. The summed E-state index contributed by atoms with van der Waals surface area (Å²) >= 11 is 0. The van der Waals surface area contributed by atoms with Crippen molar-refractivity contribution in [2.24, 2.45) is 4.99 Å². The van der Waals surface area contributed by atoms with Crippen LogP contribution in [0.2, 0.25) is 0 Å². The quantitative estimate of drug-likeness (QED) is 0.520. The summed E-state index contributed by atoms with van der Waals surface area (Å²) in [5.41, 5.74) is 0.694. The summed E-state index contributed by atoms with van der Waals surface area (Å²) in [6, 6.07) is 7.57. The van der Waals surface area contributed by atoms with E-state index in [1.807, 2.05) is 38.1 Å². The number of carbonyl (C=O) groups excluding carboxylic acids is 1. The molecule has 0 aromatic heterocycles. The SMILES string of the molecule is CC1(C)CC(N=C=O)c2ccccc2O1. The van der Waals surface area contributed by atoms with Gasteiger partial charge in [-0.2, -0.15) is 4.99 Å². The fourth-order valence-electron chi connectivity index (χ4n) is 1.94. The van der Waals surface area contributed by atoms with E-state index < -0.39 is 0 Å². The van der Waals surface area contributed by atoms with Gasteiger partial charge in [-0.3, -0.25) is 0 Å². The predicted octanol–water partition coefficient (Wildman–Crippen LogP) is 2.62. The van der Waals surface area contributed by atoms with Crippen LogP contribution in [0.25, 0.3) is 0 Å². The van der Waals surface area contributed by atoms with E-state index in [9.17, 15) is 4.79 Å². The van der Waals surface area contributed by atoms with Gasteiger partial charge < -0.3 is 4.74 Å². The van der Waals surface area contributed by atoms with Gasteiger partial charge in [-0.05, 0) is 19.9 Å². The lowest BCUT2D eigenvalue weighted by Gasteiger charge is -2.35. The Kier molecular flexibility index (Phi) is 2.33. The topological polar surface area (TPSA) is 38.7 Å². The molecule has 0 radical (unpaired) electrons. The number of benzene rings is 1. The number of hydrogen-bond donors (Lipinski definition) is 0. The van der Waals surface area contributed by atoms with E-state index in [1.54, 1.807) is 6.08 Å². The van der Waals surface area contributed by atoms with Gasteiger partial charge >= 0.3 is 0 Å². The standard InChI is InChI=1S/C12H13NO2/c1-12(2)7-10(13-8-14)9-5-3-4-6-11(9)15-12/h3-6,10H,7H2,1-2H3. The second-order valence-electron chi connectivity index (χ2n) is 4.34. The molecule has 3 nitrogen and oxygen atoms in total. The summed E-state index contributed by atoms with van der Waals surface area (Å²) in [5, 5.41) is 0. The molecule has 0 bridgehead atoms. The Morgan fingerprint density at radius 1 is 1.47 bits per heavy atom. The number of isocyanates is 1. The minimum absolute atomic E-state index is 0.123. The van der Waals surface area contributed by atoms with Gasteiger partial charge in [0.2, 0.25) is 6.08 Å². The van der Waals surface area contributed by atoms with Crippen LogP contribution in [0.1, 0.15) is 31.9 Å². The molecule has 1 atom stereocenters. The molecule has 0 saturated heterocycles. The maximum Gasteiger partial charge on any atom is 0.235 e. The molecule has 0 spiro atoms. The average molecular weight is 203 g/mol. The maximum atomic E-state index is 10.4. The van der Waals surface area contributed by atoms with Crippen molar-refractivity contribution < 1.29 is 9.53 Å². The molecule has 0 saturated carbocycles. The van der Waals surface area contributed by atoms with Gasteiger partial charge in [0.25, 0.3) is 0 Å². The summed E-state index contributed by atoms with van der Waals surface area (Å²) < 4.78 is 5.81. The monoisotopic (exact) mass is 203 g/mol. The van der Waals surface area contributed by atoms with Crippen molar-refractivity contribution in [3.05, 3.63) is 29.8 Å². The van der Waals surface area contributed by atoms with E-state index in [4.69, 9.17) is 4.74 Å². The van der Waals surface area contributed by atoms with Crippen LogP contribution < -0.4 is 4.74 Å². The van der Waals surface area contributed by atoms with Crippen molar-refractivity contribution in [1.29, 1.82) is 0 Å². The second-order valence-corrected chi connectivity index (χ2v) is 4.34. The highest BCUT2D eigenvalue weighted by molar-refractivity contribution is 5.42. The van der Waals surface area contributed by atoms with Crippen LogP contribution >= 0.6 is 0 Å². The van der Waals surface area contributed by atoms with E-state index >= 15 is 0 Å². The van der Waals surface area contributed by atoms with Crippen LogP contribution in [0, 0.1) is 0 Å². The van der Waals surface area contributed by atoms with Crippen molar-refractivity contribution in [3.8, 4) is 5.75 Å². The average Bonchev–Trinajstić information content (AvgIpc) is 2.16. The van der Waals surface area contributed by atoms with Crippen LogP contribution in [0.5, 0.6) is 5.75 Å². The van der Waals surface area contributed by atoms with Crippen molar-refractivity contribution >= 4 is 6.08 Å². The van der Waals surface area contributed by atoms with Crippen LogP contribution in [-0.2, 0) is 4.79 Å². The van der Waals surface area contributed by atoms with E-state index in [0.717, 1.165) is 11.3 Å². The van der Waals surface area contributed by atoms with Gasteiger partial charge in [0.1, 0.15) is 11.4 Å². The third-order valence-electron chi connectivity index (χ3n) is 2.56. The van der Waals surface area contributed by atoms with Gasteiger partial charge in [0.15, 0.2) is 0 Å². The molecule has 78 valence electrons. The Bertz CT molecular complexity index is 419. The maximum absolute atomic E-state index is 10.4. The zero-order chi connectivity index (χ0) is 10.9. The number of aliphatic imine (C=N–C) groups is 1. The van der Waals surface area contributed by atoms with Gasteiger partial charge in [-0.15, -0.1) is 0 Å². The first-order valence-corrected chi connectivity index (χ1v) is 4.97. The van der Waals surface area contributed by atoms with Gasteiger partial charge in [0, 0.05) is 12.0 Å². The fourth-order valence-corrected chi connectivity index (χ4v) is 1.94. The molecule has 0 N–H and O–H groups in total. The highest BCUT2D eigenvalue weighted by atomic mass is 16.5. The largest absolute Gasteiger partial charge is 0.487 e. The number of ether oxygens (including phenoxy) is 1. The number of fused-ring (bicyclic) bond motifs is 1. The first-order valence-electron chi connectivity index (χ1n) is 4.97. The first-order chi connectivity index (χ1) is 7.12. The first kappa shape index (κ1) is 9.94. The zero-order valence-corrected chi connectivity index (χ0v) is 8.86. The summed E-state index contributed by atoms with van der Waals surface area (Å²) in [7, 11) is 0. The van der Waals surface area contributed by atoms with E-state index in [-0.39, 0.29) is 11.6 Å². The van der Waals surface area contributed by atoms with Crippen LogP contribution in [0.4, 0.5) is 0 Å². The Morgan fingerprint density at radius 2 is 2.20 bits per heavy atom. The Labute approximate surface area is 88.8 Å². The third-order valence-corrected chi connectivity index (χ3v) is 2.56. The number of hydrogen-bond acceptors (Lipinski definition) is 3. The molecular weight excluding hydrogens is 190 g/mol. The lowest BCUT2D eigenvalue weighted by atomic mass is 9.90. The van der Waals surface area contributed by atoms with Crippen molar-refractivity contribution in [2.45, 2.75) is 31.9 Å².